The van der Waals surface area contributed by atoms with Gasteiger partial charge in [0.2, 0.25) is 17.7 Å². The number of primary amides is 1. The molecule has 2 heterocycles. The van der Waals surface area contributed by atoms with E-state index in [2.05, 4.69) is 22.3 Å². The van der Waals surface area contributed by atoms with Crippen LogP contribution in [0.3, 0.4) is 0 Å². The van der Waals surface area contributed by atoms with E-state index in [1.165, 1.54) is 12.7 Å². The van der Waals surface area contributed by atoms with Gasteiger partial charge in [-0.15, -0.1) is 0 Å². The number of hydrogen-bond donors (Lipinski definition) is 3. The van der Waals surface area contributed by atoms with E-state index in [0.29, 0.717) is 42.3 Å². The minimum Gasteiger partial charge on any atom is -0.495 e. The second kappa shape index (κ2) is 13.7. The van der Waals surface area contributed by atoms with Gasteiger partial charge in [-0.2, -0.15) is 0 Å². The van der Waals surface area contributed by atoms with Crippen LogP contribution in [0.2, 0.25) is 10.0 Å². The van der Waals surface area contributed by atoms with Crippen LogP contribution in [0.25, 0.3) is 0 Å². The molecule has 4 atom stereocenters. The number of hydrogen-bond acceptors (Lipinski definition) is 6. The molecule has 9 nitrogen and oxygen atoms in total. The molecule has 2 aromatic carbocycles. The molecule has 2 unspecified atom stereocenters. The van der Waals surface area contributed by atoms with Crippen molar-refractivity contribution in [2.75, 3.05) is 20.2 Å². The van der Waals surface area contributed by atoms with Gasteiger partial charge in [-0.25, -0.2) is 0 Å². The molecule has 0 saturated carbocycles. The van der Waals surface area contributed by atoms with Crippen LogP contribution in [0.4, 0.5) is 0 Å². The molecule has 2 aliphatic rings. The number of nitrogens with one attached hydrogen (secondary N) is 1. The summed E-state index contributed by atoms with van der Waals surface area (Å²) in [7, 11) is 1.47. The summed E-state index contributed by atoms with van der Waals surface area (Å²) in [5.41, 5.74) is 13.7. The van der Waals surface area contributed by atoms with Crippen LogP contribution < -0.4 is 21.5 Å². The number of amides is 3. The third kappa shape index (κ3) is 7.07. The van der Waals surface area contributed by atoms with Crippen LogP contribution in [-0.2, 0) is 27.3 Å². The maximum Gasteiger partial charge on any atom is 0.243 e. The smallest absolute Gasteiger partial charge is 0.243 e. The van der Waals surface area contributed by atoms with E-state index in [4.69, 9.17) is 39.4 Å². The van der Waals surface area contributed by atoms with Gasteiger partial charge in [0.1, 0.15) is 16.8 Å². The number of nitrogens with zero attached hydrogens (tertiary/aromatic N) is 2. The molecule has 0 spiro atoms. The zero-order chi connectivity index (χ0) is 28.8. The predicted molar refractivity (Wildman–Crippen MR) is 155 cm³/mol. The lowest BCUT2D eigenvalue weighted by atomic mass is 10.0. The van der Waals surface area contributed by atoms with Crippen molar-refractivity contribution in [3.63, 3.8) is 0 Å². The molecule has 0 aliphatic carbocycles. The Labute approximate surface area is 245 Å². The first kappa shape index (κ1) is 30.1. The van der Waals surface area contributed by atoms with Crippen LogP contribution in [-0.4, -0.2) is 71.9 Å². The van der Waals surface area contributed by atoms with E-state index < -0.39 is 18.0 Å². The van der Waals surface area contributed by atoms with E-state index in [-0.39, 0.29) is 48.3 Å². The first-order chi connectivity index (χ1) is 19.2. The Hall–Kier alpha value is -2.85. The number of carbonyl (C=O) groups excluding carboxylic acids is 3. The number of halogens is 2. The number of methoxy groups -OCH3 is 1. The number of aryl methyl sites for hydroxylation is 1. The van der Waals surface area contributed by atoms with Crippen LogP contribution in [0.5, 0.6) is 5.75 Å². The molecule has 40 heavy (non-hydrogen) atoms. The van der Waals surface area contributed by atoms with Gasteiger partial charge in [0.15, 0.2) is 0 Å². The largest absolute Gasteiger partial charge is 0.495 e. The lowest BCUT2D eigenvalue weighted by Crippen LogP contribution is -2.53. The summed E-state index contributed by atoms with van der Waals surface area (Å²) in [6.45, 7) is 1.14. The number of benzene rings is 2. The van der Waals surface area contributed by atoms with Crippen molar-refractivity contribution in [1.82, 2.24) is 15.1 Å². The van der Waals surface area contributed by atoms with E-state index in [9.17, 15) is 14.4 Å². The van der Waals surface area contributed by atoms with E-state index in [1.807, 2.05) is 18.2 Å². The molecule has 2 aromatic rings. The summed E-state index contributed by atoms with van der Waals surface area (Å²) in [5.74, 6) is -0.673. The lowest BCUT2D eigenvalue weighted by molar-refractivity contribution is -0.143. The molecule has 216 valence electrons. The third-order valence-electron chi connectivity index (χ3n) is 7.85. The fourth-order valence-corrected chi connectivity index (χ4v) is 6.24. The van der Waals surface area contributed by atoms with Gasteiger partial charge in [-0.05, 0) is 43.7 Å². The zero-order valence-corrected chi connectivity index (χ0v) is 24.2. The molecule has 2 saturated heterocycles. The van der Waals surface area contributed by atoms with Crippen molar-refractivity contribution in [2.24, 2.45) is 11.5 Å². The lowest BCUT2D eigenvalue weighted by Gasteiger charge is -2.32. The Morgan fingerprint density at radius 2 is 1.93 bits per heavy atom. The van der Waals surface area contributed by atoms with Crippen molar-refractivity contribution in [3.8, 4) is 5.75 Å². The Morgan fingerprint density at radius 1 is 1.18 bits per heavy atom. The first-order valence-corrected chi connectivity index (χ1v) is 14.4. The molecular weight excluding hydrogens is 553 g/mol. The SMILES string of the molecule is COc1c(CNC(=O)[C@@H](CCC(N)=O)N2CCC(CCc3ccccc3)N3CC(N)C[C@H]3C2=O)ccc(Cl)c1Cl. The minimum absolute atomic E-state index is 0.0245. The average Bonchev–Trinajstić information content (AvgIpc) is 3.28. The Bertz CT molecular complexity index is 1210. The van der Waals surface area contributed by atoms with Crippen molar-refractivity contribution < 1.29 is 19.1 Å². The number of carbonyl (C=O) groups is 3. The molecular formula is C29H37Cl2N5O4. The summed E-state index contributed by atoms with van der Waals surface area (Å²) >= 11 is 12.4. The molecule has 5 N–H and O–H groups in total. The van der Waals surface area contributed by atoms with Gasteiger partial charge < -0.3 is 26.4 Å². The van der Waals surface area contributed by atoms with Crippen LogP contribution in [0.1, 0.15) is 43.2 Å². The highest BCUT2D eigenvalue weighted by Crippen LogP contribution is 2.35. The van der Waals surface area contributed by atoms with E-state index in [1.54, 1.807) is 17.0 Å². The average molecular weight is 591 g/mol. The van der Waals surface area contributed by atoms with Crippen LogP contribution in [0.15, 0.2) is 42.5 Å². The molecule has 0 bridgehead atoms. The molecule has 2 fully saturated rings. The van der Waals surface area contributed by atoms with Gasteiger partial charge in [0.25, 0.3) is 0 Å². The van der Waals surface area contributed by atoms with Crippen LogP contribution in [0, 0.1) is 0 Å². The fraction of sp³-hybridized carbons (Fsp3) is 0.483. The maximum atomic E-state index is 13.9. The fourth-order valence-electron chi connectivity index (χ4n) is 5.83. The normalized spacial score (nSPS) is 21.9. The van der Waals surface area contributed by atoms with Crippen molar-refractivity contribution >= 4 is 40.9 Å². The van der Waals surface area contributed by atoms with E-state index >= 15 is 0 Å². The summed E-state index contributed by atoms with van der Waals surface area (Å²) in [4.78, 5) is 43.1. The molecule has 11 heteroatoms. The summed E-state index contributed by atoms with van der Waals surface area (Å²) < 4.78 is 5.39. The maximum absolute atomic E-state index is 13.9. The van der Waals surface area contributed by atoms with Crippen LogP contribution >= 0.6 is 23.2 Å². The van der Waals surface area contributed by atoms with Gasteiger partial charge >= 0.3 is 0 Å². The monoisotopic (exact) mass is 589 g/mol. The topological polar surface area (TPSA) is 131 Å². The molecule has 4 rings (SSSR count). The number of nitrogens with two attached hydrogens (primary N) is 2. The second-order valence-electron chi connectivity index (χ2n) is 10.5. The van der Waals surface area contributed by atoms with Gasteiger partial charge in [-0.3, -0.25) is 19.3 Å². The number of fused-ring (bicyclic) bond motifs is 1. The number of ether oxygens (including phenoxy) is 1. The van der Waals surface area contributed by atoms with Crippen molar-refractivity contribution in [2.45, 2.75) is 69.2 Å². The van der Waals surface area contributed by atoms with Gasteiger partial charge in [0, 0.05) is 43.7 Å². The Kier molecular flexibility index (Phi) is 10.3. The molecule has 0 aromatic heterocycles. The highest BCUT2D eigenvalue weighted by Gasteiger charge is 2.45. The van der Waals surface area contributed by atoms with Gasteiger partial charge in [0.05, 0.1) is 18.2 Å². The Balaban J connectivity index is 1.53. The predicted octanol–water partition coefficient (Wildman–Crippen LogP) is 2.89. The highest BCUT2D eigenvalue weighted by atomic mass is 35.5. The summed E-state index contributed by atoms with van der Waals surface area (Å²) in [6, 6.07) is 12.4. The Morgan fingerprint density at radius 3 is 2.62 bits per heavy atom. The van der Waals surface area contributed by atoms with E-state index in [0.717, 1.165) is 12.8 Å². The number of rotatable bonds is 11. The summed E-state index contributed by atoms with van der Waals surface area (Å²) in [5, 5.41) is 3.49. The highest BCUT2D eigenvalue weighted by molar-refractivity contribution is 6.43. The standard InChI is InChI=1S/C29H37Cl2N5O4/c1-40-27-19(8-10-22(30)26(27)31)16-34-28(38)23(11-12-25(33)37)35-14-13-21(9-7-18-5-3-2-4-6-18)36-17-20(32)15-24(36)29(35)39/h2-6,8,10,20-21,23-24H,7,9,11-17,32H2,1H3,(H2,33,37)(H,34,38)/t20?,21?,23-,24+/m1/s1. The quantitative estimate of drug-likeness (QED) is 0.369. The zero-order valence-electron chi connectivity index (χ0n) is 22.7. The molecule has 0 radical (unpaired) electrons. The summed E-state index contributed by atoms with van der Waals surface area (Å²) in [6.07, 6.45) is 3.09. The molecule has 3 amide bonds. The van der Waals surface area contributed by atoms with Crippen molar-refractivity contribution in [3.05, 3.63) is 63.6 Å². The minimum atomic E-state index is -0.861. The first-order valence-electron chi connectivity index (χ1n) is 13.6. The third-order valence-corrected chi connectivity index (χ3v) is 8.64. The van der Waals surface area contributed by atoms with Crippen molar-refractivity contribution in [1.29, 1.82) is 0 Å². The molecule has 2 aliphatic heterocycles. The second-order valence-corrected chi connectivity index (χ2v) is 11.3. The van der Waals surface area contributed by atoms with Gasteiger partial charge in [-0.1, -0.05) is 59.6 Å².